The Labute approximate surface area is 134 Å². The molecule has 0 aliphatic carbocycles. The van der Waals surface area contributed by atoms with Gasteiger partial charge in [0, 0.05) is 31.9 Å². The summed E-state index contributed by atoms with van der Waals surface area (Å²) in [6.45, 7) is 3.34. The van der Waals surface area contributed by atoms with Gasteiger partial charge in [-0.3, -0.25) is 4.79 Å². The van der Waals surface area contributed by atoms with E-state index in [0.29, 0.717) is 19.5 Å². The third kappa shape index (κ3) is 3.39. The van der Waals surface area contributed by atoms with Gasteiger partial charge in [-0.15, -0.1) is 0 Å². The number of nitrogens with zero attached hydrogens (tertiary/aromatic N) is 3. The molecule has 0 unspecified atom stereocenters. The summed E-state index contributed by atoms with van der Waals surface area (Å²) in [6.07, 6.45) is 4.90. The van der Waals surface area contributed by atoms with Crippen LogP contribution in [0.25, 0.3) is 0 Å². The zero-order chi connectivity index (χ0) is 15.5. The fourth-order valence-electron chi connectivity index (χ4n) is 2.82. The summed E-state index contributed by atoms with van der Waals surface area (Å²) in [5, 5.41) is 4.15. The second-order valence-corrected chi connectivity index (χ2v) is 6.57. The number of thiophene rings is 1. The molecule has 22 heavy (non-hydrogen) atoms. The maximum atomic E-state index is 12.5. The van der Waals surface area contributed by atoms with E-state index in [1.165, 1.54) is 5.56 Å². The van der Waals surface area contributed by atoms with Crippen molar-refractivity contribution in [3.05, 3.63) is 40.6 Å². The van der Waals surface area contributed by atoms with E-state index in [9.17, 15) is 4.79 Å². The summed E-state index contributed by atoms with van der Waals surface area (Å²) in [4.78, 5) is 18.5. The van der Waals surface area contributed by atoms with Gasteiger partial charge in [0.25, 0.3) is 0 Å². The molecule has 2 atom stereocenters. The molecule has 0 bridgehead atoms. The molecule has 1 saturated heterocycles. The van der Waals surface area contributed by atoms with Crippen LogP contribution in [0.15, 0.2) is 29.4 Å². The Bertz CT molecular complexity index is 623. The Morgan fingerprint density at radius 2 is 2.36 bits per heavy atom. The highest BCUT2D eigenvalue weighted by molar-refractivity contribution is 7.07. The summed E-state index contributed by atoms with van der Waals surface area (Å²) in [5.74, 6) is 0.191. The second kappa shape index (κ2) is 6.62. The number of amides is 1. The summed E-state index contributed by atoms with van der Waals surface area (Å²) in [5.41, 5.74) is 2.25. The van der Waals surface area contributed by atoms with Crippen LogP contribution in [0, 0.1) is 0 Å². The number of morpholine rings is 1. The molecule has 118 valence electrons. The smallest absolute Gasteiger partial charge is 0.223 e. The fraction of sp³-hybridized carbons (Fsp3) is 0.500. The van der Waals surface area contributed by atoms with E-state index < -0.39 is 0 Å². The van der Waals surface area contributed by atoms with Crippen molar-refractivity contribution in [1.82, 2.24) is 14.5 Å². The first-order valence-electron chi connectivity index (χ1n) is 7.54. The molecule has 3 heterocycles. The molecule has 0 N–H and O–H groups in total. The van der Waals surface area contributed by atoms with Gasteiger partial charge in [-0.25, -0.2) is 4.98 Å². The number of hydrogen-bond donors (Lipinski definition) is 0. The highest BCUT2D eigenvalue weighted by atomic mass is 32.1. The number of hydrogen-bond acceptors (Lipinski definition) is 4. The van der Waals surface area contributed by atoms with Crippen molar-refractivity contribution >= 4 is 17.2 Å². The van der Waals surface area contributed by atoms with E-state index in [4.69, 9.17) is 4.74 Å². The minimum Gasteiger partial charge on any atom is -0.367 e. The van der Waals surface area contributed by atoms with E-state index in [0.717, 1.165) is 12.1 Å². The van der Waals surface area contributed by atoms with E-state index in [2.05, 4.69) is 16.4 Å². The zero-order valence-corrected chi connectivity index (χ0v) is 13.8. The third-order valence-corrected chi connectivity index (χ3v) is 4.74. The van der Waals surface area contributed by atoms with E-state index in [-0.39, 0.29) is 18.1 Å². The average Bonchev–Trinajstić information content (AvgIpc) is 3.15. The van der Waals surface area contributed by atoms with Crippen LogP contribution in [0.1, 0.15) is 30.7 Å². The minimum atomic E-state index is -0.00402. The van der Waals surface area contributed by atoms with Gasteiger partial charge in [-0.05, 0) is 35.7 Å². The molecule has 1 aliphatic rings. The molecule has 3 rings (SSSR count). The van der Waals surface area contributed by atoms with E-state index in [1.807, 2.05) is 35.0 Å². The summed E-state index contributed by atoms with van der Waals surface area (Å²) in [6, 6.07) is 2.08. The van der Waals surface area contributed by atoms with Crippen LogP contribution in [0.2, 0.25) is 0 Å². The molecule has 2 aromatic heterocycles. The first-order valence-corrected chi connectivity index (χ1v) is 8.48. The van der Waals surface area contributed by atoms with Crippen molar-refractivity contribution in [2.45, 2.75) is 32.0 Å². The summed E-state index contributed by atoms with van der Waals surface area (Å²) in [7, 11) is 1.95. The van der Waals surface area contributed by atoms with Crippen molar-refractivity contribution in [3.63, 3.8) is 0 Å². The van der Waals surface area contributed by atoms with Gasteiger partial charge in [-0.2, -0.15) is 11.3 Å². The molecule has 1 amide bonds. The molecular formula is C16H21N3O2S. The van der Waals surface area contributed by atoms with E-state index in [1.54, 1.807) is 17.7 Å². The molecule has 5 nitrogen and oxygen atoms in total. The predicted molar refractivity (Wildman–Crippen MR) is 85.7 cm³/mol. The molecular weight excluding hydrogens is 298 g/mol. The van der Waals surface area contributed by atoms with Crippen LogP contribution in [0.5, 0.6) is 0 Å². The lowest BCUT2D eigenvalue weighted by atomic mass is 10.1. The van der Waals surface area contributed by atoms with Crippen LogP contribution in [0.4, 0.5) is 0 Å². The van der Waals surface area contributed by atoms with Crippen molar-refractivity contribution in [2.75, 3.05) is 13.1 Å². The topological polar surface area (TPSA) is 47.4 Å². The SMILES string of the molecule is C[C@@H]1CN(C(=O)CCc2cncn2C)C[C@H](c2ccsc2)O1. The van der Waals surface area contributed by atoms with Crippen LogP contribution in [-0.2, 0) is 23.0 Å². The maximum Gasteiger partial charge on any atom is 0.223 e. The van der Waals surface area contributed by atoms with Crippen molar-refractivity contribution < 1.29 is 9.53 Å². The number of ether oxygens (including phenoxy) is 1. The fourth-order valence-corrected chi connectivity index (χ4v) is 3.52. The van der Waals surface area contributed by atoms with Gasteiger partial charge in [0.05, 0.1) is 19.0 Å². The Hall–Kier alpha value is -1.66. The van der Waals surface area contributed by atoms with Crippen LogP contribution in [0.3, 0.4) is 0 Å². The van der Waals surface area contributed by atoms with Gasteiger partial charge in [0.1, 0.15) is 6.10 Å². The quantitative estimate of drug-likeness (QED) is 0.869. The van der Waals surface area contributed by atoms with Gasteiger partial charge in [0.15, 0.2) is 0 Å². The first-order chi connectivity index (χ1) is 10.6. The van der Waals surface area contributed by atoms with Crippen molar-refractivity contribution in [2.24, 2.45) is 7.05 Å². The maximum absolute atomic E-state index is 12.5. The number of carbonyl (C=O) groups is 1. The number of aromatic nitrogens is 2. The first kappa shape index (κ1) is 15.2. The van der Waals surface area contributed by atoms with Crippen LogP contribution in [-0.4, -0.2) is 39.6 Å². The van der Waals surface area contributed by atoms with Crippen molar-refractivity contribution in [3.8, 4) is 0 Å². The molecule has 0 spiro atoms. The highest BCUT2D eigenvalue weighted by Crippen LogP contribution is 2.27. The lowest BCUT2D eigenvalue weighted by molar-refractivity contribution is -0.144. The Morgan fingerprint density at radius 3 is 3.05 bits per heavy atom. The minimum absolute atomic E-state index is 0.00402. The standard InChI is InChI=1S/C16H21N3O2S/c1-12-8-19(9-15(21-12)13-5-6-22-10-13)16(20)4-3-14-7-17-11-18(14)2/h5-7,10-12,15H,3-4,8-9H2,1-2H3/t12-,15-/m1/s1. The van der Waals surface area contributed by atoms with Gasteiger partial charge in [0.2, 0.25) is 5.91 Å². The van der Waals surface area contributed by atoms with Crippen molar-refractivity contribution in [1.29, 1.82) is 0 Å². The van der Waals surface area contributed by atoms with Gasteiger partial charge < -0.3 is 14.2 Å². The van der Waals surface area contributed by atoms with Gasteiger partial charge in [-0.1, -0.05) is 0 Å². The molecule has 0 aromatic carbocycles. The molecule has 0 saturated carbocycles. The molecule has 6 heteroatoms. The molecule has 1 aliphatic heterocycles. The van der Waals surface area contributed by atoms with E-state index >= 15 is 0 Å². The average molecular weight is 319 g/mol. The largest absolute Gasteiger partial charge is 0.367 e. The molecule has 0 radical (unpaired) electrons. The predicted octanol–water partition coefficient (Wildman–Crippen LogP) is 2.40. The summed E-state index contributed by atoms with van der Waals surface area (Å²) >= 11 is 1.66. The number of aryl methyl sites for hydroxylation is 2. The number of imidazole rings is 1. The summed E-state index contributed by atoms with van der Waals surface area (Å²) < 4.78 is 7.94. The number of carbonyl (C=O) groups excluding carboxylic acids is 1. The van der Waals surface area contributed by atoms with Crippen LogP contribution < -0.4 is 0 Å². The third-order valence-electron chi connectivity index (χ3n) is 4.04. The monoisotopic (exact) mass is 319 g/mol. The van der Waals surface area contributed by atoms with Crippen LogP contribution >= 0.6 is 11.3 Å². The lowest BCUT2D eigenvalue weighted by Crippen LogP contribution is -2.46. The Kier molecular flexibility index (Phi) is 4.59. The normalized spacial score (nSPS) is 22.0. The molecule has 1 fully saturated rings. The lowest BCUT2D eigenvalue weighted by Gasteiger charge is -2.36. The number of rotatable bonds is 4. The Balaban J connectivity index is 1.60. The molecule has 2 aromatic rings. The van der Waals surface area contributed by atoms with Gasteiger partial charge >= 0.3 is 0 Å². The highest BCUT2D eigenvalue weighted by Gasteiger charge is 2.29. The second-order valence-electron chi connectivity index (χ2n) is 5.79. The Morgan fingerprint density at radius 1 is 1.50 bits per heavy atom. The zero-order valence-electron chi connectivity index (χ0n) is 12.9.